The van der Waals surface area contributed by atoms with Gasteiger partial charge >= 0.3 is 5.97 Å². The first-order valence-corrected chi connectivity index (χ1v) is 15.1. The number of esters is 1. The third kappa shape index (κ3) is 5.30. The van der Waals surface area contributed by atoms with E-state index in [1.54, 1.807) is 22.7 Å². The maximum atomic E-state index is 14.5. The maximum absolute atomic E-state index is 14.5. The standard InChI is InChI=1S/C31H42N2O5S/c1-5-8-12-16-32(15-6-2)29(36)27-31-21(4)18-24(39-31)25(30(37)38-17-7-3)26(31)28(35)33(27)23(20-34)19-22-13-10-9-11-14-22/h6-7,9-11,13-14,21,23-27,34H,2-3,5,8,12,15-20H2,1,4H3/t21?,23-,24-,25+,26+,27?,31?/m1/s1. The second-order valence-corrected chi connectivity index (χ2v) is 12.6. The second-order valence-electron chi connectivity index (χ2n) is 11.0. The van der Waals surface area contributed by atoms with Gasteiger partial charge in [-0.15, -0.1) is 18.3 Å². The van der Waals surface area contributed by atoms with Crippen molar-refractivity contribution >= 4 is 29.5 Å². The maximum Gasteiger partial charge on any atom is 0.311 e. The van der Waals surface area contributed by atoms with Crippen LogP contribution in [0.1, 0.15) is 45.1 Å². The third-order valence-corrected chi connectivity index (χ3v) is 10.7. The second kappa shape index (κ2) is 12.7. The van der Waals surface area contributed by atoms with E-state index in [9.17, 15) is 19.5 Å². The van der Waals surface area contributed by atoms with Crippen LogP contribution in [-0.2, 0) is 25.5 Å². The van der Waals surface area contributed by atoms with Gasteiger partial charge in [0.25, 0.3) is 0 Å². The lowest BCUT2D eigenvalue weighted by Crippen LogP contribution is -2.59. The lowest BCUT2D eigenvalue weighted by molar-refractivity contribution is -0.154. The average molecular weight is 555 g/mol. The molecule has 3 aliphatic heterocycles. The number of nitrogens with zero attached hydrogens (tertiary/aromatic N) is 2. The van der Waals surface area contributed by atoms with Gasteiger partial charge in [0.05, 0.1) is 29.2 Å². The van der Waals surface area contributed by atoms with Crippen molar-refractivity contribution in [3.63, 3.8) is 0 Å². The molecule has 7 atom stereocenters. The highest BCUT2D eigenvalue weighted by Crippen LogP contribution is 2.69. The van der Waals surface area contributed by atoms with Crippen molar-refractivity contribution < 1.29 is 24.2 Å². The van der Waals surface area contributed by atoms with Crippen LogP contribution >= 0.6 is 11.8 Å². The van der Waals surface area contributed by atoms with Gasteiger partial charge < -0.3 is 19.6 Å². The molecular weight excluding hydrogens is 512 g/mol. The van der Waals surface area contributed by atoms with E-state index in [1.165, 1.54) is 6.08 Å². The van der Waals surface area contributed by atoms with E-state index in [0.717, 1.165) is 31.2 Å². The molecule has 1 spiro atoms. The summed E-state index contributed by atoms with van der Waals surface area (Å²) in [4.78, 5) is 45.7. The summed E-state index contributed by atoms with van der Waals surface area (Å²) in [7, 11) is 0. The van der Waals surface area contributed by atoms with Crippen molar-refractivity contribution in [2.24, 2.45) is 17.8 Å². The fourth-order valence-electron chi connectivity index (χ4n) is 6.95. The summed E-state index contributed by atoms with van der Waals surface area (Å²) in [5, 5.41) is 10.5. The van der Waals surface area contributed by atoms with Crippen molar-refractivity contribution in [2.45, 2.75) is 68.0 Å². The molecule has 3 saturated heterocycles. The van der Waals surface area contributed by atoms with E-state index in [4.69, 9.17) is 4.74 Å². The monoisotopic (exact) mass is 554 g/mol. The number of unbranched alkanes of at least 4 members (excludes halogenated alkanes) is 2. The van der Waals surface area contributed by atoms with Crippen molar-refractivity contribution in [1.29, 1.82) is 0 Å². The summed E-state index contributed by atoms with van der Waals surface area (Å²) in [6.45, 7) is 12.5. The van der Waals surface area contributed by atoms with Crippen LogP contribution in [0.15, 0.2) is 55.6 Å². The summed E-state index contributed by atoms with van der Waals surface area (Å²) in [6, 6.07) is 8.34. The molecule has 212 valence electrons. The number of likely N-dealkylation sites (tertiary alicyclic amines) is 1. The number of thioether (sulfide) groups is 1. The highest BCUT2D eigenvalue weighted by Gasteiger charge is 2.77. The zero-order valence-electron chi connectivity index (χ0n) is 23.2. The molecule has 8 heteroatoms. The first-order chi connectivity index (χ1) is 18.8. The van der Waals surface area contributed by atoms with Crippen molar-refractivity contribution in [3.05, 3.63) is 61.2 Å². The minimum atomic E-state index is -0.778. The number of benzene rings is 1. The lowest BCUT2D eigenvalue weighted by atomic mass is 9.66. The van der Waals surface area contributed by atoms with Gasteiger partial charge in [-0.1, -0.05) is 75.8 Å². The Balaban J connectivity index is 1.78. The molecule has 0 aromatic heterocycles. The van der Waals surface area contributed by atoms with Crippen LogP contribution in [-0.4, -0.2) is 81.1 Å². The van der Waals surface area contributed by atoms with Crippen molar-refractivity contribution in [1.82, 2.24) is 9.80 Å². The summed E-state index contributed by atoms with van der Waals surface area (Å²) >= 11 is 1.63. The molecule has 39 heavy (non-hydrogen) atoms. The van der Waals surface area contributed by atoms with Gasteiger partial charge in [0.15, 0.2) is 0 Å². The van der Waals surface area contributed by atoms with Gasteiger partial charge in [-0.2, -0.15) is 0 Å². The molecule has 0 radical (unpaired) electrons. The fraction of sp³-hybridized carbons (Fsp3) is 0.581. The van der Waals surface area contributed by atoms with Crippen LogP contribution < -0.4 is 0 Å². The Bertz CT molecular complexity index is 1060. The van der Waals surface area contributed by atoms with Gasteiger partial charge in [0.1, 0.15) is 12.6 Å². The number of fused-ring (bicyclic) bond motifs is 1. The number of aliphatic hydroxyl groups is 1. The Morgan fingerprint density at radius 2 is 2.00 bits per heavy atom. The molecule has 0 saturated carbocycles. The average Bonchev–Trinajstić information content (AvgIpc) is 3.54. The Labute approximate surface area is 236 Å². The molecule has 7 nitrogen and oxygen atoms in total. The van der Waals surface area contributed by atoms with E-state index in [-0.39, 0.29) is 36.2 Å². The van der Waals surface area contributed by atoms with Gasteiger partial charge in [0.2, 0.25) is 11.8 Å². The quantitative estimate of drug-likeness (QED) is 0.214. The number of ether oxygens (including phenoxy) is 1. The first-order valence-electron chi connectivity index (χ1n) is 14.2. The SMILES string of the molecule is C=CCOC(=O)[C@@H]1[C@H]2C(=O)N([C@@H](CO)Cc3ccccc3)C(C(=O)N(CC=C)CCCCC)C23S[C@@H]1CC3C. The van der Waals surface area contributed by atoms with E-state index < -0.39 is 34.6 Å². The van der Waals surface area contributed by atoms with Gasteiger partial charge in [0, 0.05) is 18.3 Å². The van der Waals surface area contributed by atoms with E-state index in [0.29, 0.717) is 19.5 Å². The summed E-state index contributed by atoms with van der Waals surface area (Å²) in [5.41, 5.74) is 0.975. The summed E-state index contributed by atoms with van der Waals surface area (Å²) in [5.74, 6) is -1.99. The zero-order chi connectivity index (χ0) is 28.2. The Hall–Kier alpha value is -2.58. The predicted octanol–water partition coefficient (Wildman–Crippen LogP) is 3.86. The number of carbonyl (C=O) groups excluding carboxylic acids is 3. The normalized spacial score (nSPS) is 29.7. The zero-order valence-corrected chi connectivity index (χ0v) is 24.0. The molecule has 2 amide bonds. The molecule has 3 unspecified atom stereocenters. The Kier molecular flexibility index (Phi) is 9.60. The molecule has 2 bridgehead atoms. The van der Waals surface area contributed by atoms with E-state index >= 15 is 0 Å². The van der Waals surface area contributed by atoms with Crippen molar-refractivity contribution in [3.8, 4) is 0 Å². The fourth-order valence-corrected chi connectivity index (χ4v) is 9.34. The van der Waals surface area contributed by atoms with Crippen LogP contribution in [0.5, 0.6) is 0 Å². The number of rotatable bonds is 14. The molecule has 1 aromatic carbocycles. The van der Waals surface area contributed by atoms with Gasteiger partial charge in [-0.05, 0) is 30.7 Å². The van der Waals surface area contributed by atoms with Gasteiger partial charge in [-0.3, -0.25) is 14.4 Å². The molecule has 1 aromatic rings. The Morgan fingerprint density at radius 1 is 1.26 bits per heavy atom. The van der Waals surface area contributed by atoms with Crippen LogP contribution in [0.3, 0.4) is 0 Å². The van der Waals surface area contributed by atoms with Crippen LogP contribution in [0, 0.1) is 17.8 Å². The number of hydrogen-bond donors (Lipinski definition) is 1. The number of amides is 2. The largest absolute Gasteiger partial charge is 0.461 e. The molecular formula is C31H42N2O5S. The van der Waals surface area contributed by atoms with E-state index in [2.05, 4.69) is 27.0 Å². The topological polar surface area (TPSA) is 87.1 Å². The molecule has 3 aliphatic rings. The summed E-state index contributed by atoms with van der Waals surface area (Å²) in [6.07, 6.45) is 7.30. The summed E-state index contributed by atoms with van der Waals surface area (Å²) < 4.78 is 4.72. The Morgan fingerprint density at radius 3 is 2.64 bits per heavy atom. The minimum absolute atomic E-state index is 0.0427. The van der Waals surface area contributed by atoms with Crippen molar-refractivity contribution in [2.75, 3.05) is 26.3 Å². The van der Waals surface area contributed by atoms with Crippen LogP contribution in [0.25, 0.3) is 0 Å². The lowest BCUT2D eigenvalue weighted by Gasteiger charge is -2.42. The molecule has 3 heterocycles. The first kappa shape index (κ1) is 29.4. The predicted molar refractivity (Wildman–Crippen MR) is 154 cm³/mol. The molecule has 4 rings (SSSR count). The minimum Gasteiger partial charge on any atom is -0.461 e. The number of aliphatic hydroxyl groups excluding tert-OH is 1. The van der Waals surface area contributed by atoms with E-state index in [1.807, 2.05) is 35.2 Å². The smallest absolute Gasteiger partial charge is 0.311 e. The highest BCUT2D eigenvalue weighted by atomic mass is 32.2. The number of carbonyl (C=O) groups is 3. The molecule has 0 aliphatic carbocycles. The van der Waals surface area contributed by atoms with Crippen LogP contribution in [0.4, 0.5) is 0 Å². The molecule has 3 fully saturated rings. The highest BCUT2D eigenvalue weighted by molar-refractivity contribution is 8.02. The number of hydrogen-bond acceptors (Lipinski definition) is 6. The van der Waals surface area contributed by atoms with Gasteiger partial charge in [-0.25, -0.2) is 0 Å². The molecule has 1 N–H and O–H groups in total. The van der Waals surface area contributed by atoms with Crippen LogP contribution in [0.2, 0.25) is 0 Å². The third-order valence-electron chi connectivity index (χ3n) is 8.64.